The van der Waals surface area contributed by atoms with Gasteiger partial charge in [0.25, 0.3) is 0 Å². The van der Waals surface area contributed by atoms with Crippen LogP contribution in [0.5, 0.6) is 0 Å². The van der Waals surface area contributed by atoms with Crippen LogP contribution < -0.4 is 5.73 Å². The topological polar surface area (TPSA) is 69.6 Å². The van der Waals surface area contributed by atoms with Crippen molar-refractivity contribution in [1.82, 2.24) is 19.5 Å². The van der Waals surface area contributed by atoms with Crippen LogP contribution in [0.15, 0.2) is 36.7 Å². The highest BCUT2D eigenvalue weighted by atomic mass is 15.1. The van der Waals surface area contributed by atoms with E-state index in [1.165, 1.54) is 0 Å². The van der Waals surface area contributed by atoms with Crippen LogP contribution in [0.3, 0.4) is 0 Å². The number of anilines is 1. The molecule has 2 heterocycles. The van der Waals surface area contributed by atoms with E-state index < -0.39 is 0 Å². The lowest BCUT2D eigenvalue weighted by Gasteiger charge is -2.24. The van der Waals surface area contributed by atoms with Crippen LogP contribution in [0.2, 0.25) is 0 Å². The average Bonchev–Trinajstić information content (AvgIpc) is 2.78. The maximum Gasteiger partial charge on any atom is 0.164 e. The molecule has 0 bridgehead atoms. The molecule has 102 valence electrons. The lowest BCUT2D eigenvalue weighted by atomic mass is 10.1. The Morgan fingerprint density at radius 3 is 2.45 bits per heavy atom. The summed E-state index contributed by atoms with van der Waals surface area (Å²) in [5.41, 5.74) is 8.46. The molecule has 0 radical (unpaired) electrons. The van der Waals surface area contributed by atoms with Crippen molar-refractivity contribution >= 4 is 16.9 Å². The molecule has 20 heavy (non-hydrogen) atoms. The molecule has 0 amide bonds. The third kappa shape index (κ3) is 1.91. The van der Waals surface area contributed by atoms with E-state index in [-0.39, 0.29) is 5.54 Å². The van der Waals surface area contributed by atoms with Crippen molar-refractivity contribution < 1.29 is 0 Å². The van der Waals surface area contributed by atoms with Gasteiger partial charge in [0.2, 0.25) is 0 Å². The molecule has 0 atom stereocenters. The number of nitrogens with two attached hydrogens (primary N) is 1. The van der Waals surface area contributed by atoms with Gasteiger partial charge >= 0.3 is 0 Å². The van der Waals surface area contributed by atoms with Gasteiger partial charge in [0.05, 0.1) is 11.0 Å². The third-order valence-electron chi connectivity index (χ3n) is 3.17. The Hall–Kier alpha value is -2.43. The van der Waals surface area contributed by atoms with E-state index in [0.29, 0.717) is 11.5 Å². The molecule has 0 saturated carbocycles. The Balaban J connectivity index is 2.39. The number of rotatable bonds is 1. The second-order valence-corrected chi connectivity index (χ2v) is 5.72. The minimum absolute atomic E-state index is 0.130. The van der Waals surface area contributed by atoms with Crippen LogP contribution in [0.4, 0.5) is 5.82 Å². The zero-order chi connectivity index (χ0) is 14.3. The summed E-state index contributed by atoms with van der Waals surface area (Å²) in [5.74, 6) is 1.15. The van der Waals surface area contributed by atoms with E-state index in [2.05, 4.69) is 41.4 Å². The van der Waals surface area contributed by atoms with Crippen LogP contribution in [0.25, 0.3) is 22.6 Å². The molecule has 0 unspecified atom stereocenters. The zero-order valence-electron chi connectivity index (χ0n) is 11.8. The van der Waals surface area contributed by atoms with Crippen molar-refractivity contribution in [2.75, 3.05) is 5.73 Å². The van der Waals surface area contributed by atoms with Gasteiger partial charge in [-0.05, 0) is 32.9 Å². The smallest absolute Gasteiger partial charge is 0.164 e. The first-order valence-corrected chi connectivity index (χ1v) is 6.53. The minimum atomic E-state index is -0.130. The molecule has 0 aliphatic rings. The predicted octanol–water partition coefficient (Wildman–Crippen LogP) is 2.83. The van der Waals surface area contributed by atoms with Crippen LogP contribution >= 0.6 is 0 Å². The molecule has 0 spiro atoms. The number of nitrogen functional groups attached to an aromatic ring is 1. The largest absolute Gasteiger partial charge is 0.382 e. The van der Waals surface area contributed by atoms with E-state index in [1.54, 1.807) is 12.4 Å². The molecule has 3 rings (SSSR count). The summed E-state index contributed by atoms with van der Waals surface area (Å²) in [4.78, 5) is 13.1. The Labute approximate surface area is 117 Å². The van der Waals surface area contributed by atoms with Gasteiger partial charge in [-0.1, -0.05) is 12.1 Å². The second-order valence-electron chi connectivity index (χ2n) is 5.72. The quantitative estimate of drug-likeness (QED) is 0.736. The van der Waals surface area contributed by atoms with Gasteiger partial charge in [-0.2, -0.15) is 0 Å². The van der Waals surface area contributed by atoms with Crippen molar-refractivity contribution in [3.8, 4) is 11.5 Å². The lowest BCUT2D eigenvalue weighted by molar-refractivity contribution is 0.412. The van der Waals surface area contributed by atoms with Crippen LogP contribution in [0, 0.1) is 0 Å². The van der Waals surface area contributed by atoms with Crippen LogP contribution in [-0.4, -0.2) is 19.5 Å². The van der Waals surface area contributed by atoms with Crippen molar-refractivity contribution in [3.05, 3.63) is 36.7 Å². The molecule has 0 fully saturated rings. The molecule has 5 heteroatoms. The minimum Gasteiger partial charge on any atom is -0.382 e. The summed E-state index contributed by atoms with van der Waals surface area (Å²) < 4.78 is 2.16. The monoisotopic (exact) mass is 267 g/mol. The van der Waals surface area contributed by atoms with Gasteiger partial charge < -0.3 is 10.3 Å². The summed E-state index contributed by atoms with van der Waals surface area (Å²) in [6.07, 6.45) is 3.22. The first-order valence-electron chi connectivity index (χ1n) is 6.53. The van der Waals surface area contributed by atoms with Gasteiger partial charge in [0.15, 0.2) is 11.6 Å². The molecular weight excluding hydrogens is 250 g/mol. The maximum atomic E-state index is 5.96. The van der Waals surface area contributed by atoms with Crippen molar-refractivity contribution in [2.24, 2.45) is 0 Å². The number of fused-ring (bicyclic) bond motifs is 1. The Morgan fingerprint density at radius 2 is 1.75 bits per heavy atom. The van der Waals surface area contributed by atoms with Crippen molar-refractivity contribution in [3.63, 3.8) is 0 Å². The zero-order valence-corrected chi connectivity index (χ0v) is 11.8. The van der Waals surface area contributed by atoms with Crippen molar-refractivity contribution in [1.29, 1.82) is 0 Å². The normalized spacial score (nSPS) is 11.9. The van der Waals surface area contributed by atoms with Gasteiger partial charge in [-0.15, -0.1) is 0 Å². The standard InChI is InChI=1S/C15H17N5/c1-15(2,3)20-11-7-5-4-6-10(11)19-14(20)12-13(16)18-9-8-17-12/h4-9H,1-3H3,(H2,16,18). The first-order chi connectivity index (χ1) is 9.48. The fraction of sp³-hybridized carbons (Fsp3) is 0.267. The molecular formula is C15H17N5. The van der Waals surface area contributed by atoms with E-state index in [4.69, 9.17) is 10.7 Å². The molecule has 0 saturated heterocycles. The Kier molecular flexibility index (Phi) is 2.71. The van der Waals surface area contributed by atoms with Gasteiger partial charge in [-0.3, -0.25) is 0 Å². The maximum absolute atomic E-state index is 5.96. The number of para-hydroxylation sites is 2. The summed E-state index contributed by atoms with van der Waals surface area (Å²) in [7, 11) is 0. The van der Waals surface area contributed by atoms with Crippen molar-refractivity contribution in [2.45, 2.75) is 26.3 Å². The summed E-state index contributed by atoms with van der Waals surface area (Å²) in [6.45, 7) is 6.41. The fourth-order valence-corrected chi connectivity index (χ4v) is 2.38. The third-order valence-corrected chi connectivity index (χ3v) is 3.17. The predicted molar refractivity (Wildman–Crippen MR) is 80.2 cm³/mol. The van der Waals surface area contributed by atoms with Crippen LogP contribution in [-0.2, 0) is 5.54 Å². The highest BCUT2D eigenvalue weighted by molar-refractivity contribution is 5.82. The number of imidazole rings is 1. The fourth-order valence-electron chi connectivity index (χ4n) is 2.38. The van der Waals surface area contributed by atoms with Crippen LogP contribution in [0.1, 0.15) is 20.8 Å². The Morgan fingerprint density at radius 1 is 1.05 bits per heavy atom. The number of aromatic nitrogens is 4. The molecule has 0 aliphatic carbocycles. The summed E-state index contributed by atoms with van der Waals surface area (Å²) in [5, 5.41) is 0. The van der Waals surface area contributed by atoms with E-state index in [9.17, 15) is 0 Å². The molecule has 2 N–H and O–H groups in total. The highest BCUT2D eigenvalue weighted by Crippen LogP contribution is 2.31. The first kappa shape index (κ1) is 12.6. The van der Waals surface area contributed by atoms with E-state index in [0.717, 1.165) is 16.9 Å². The second kappa shape index (κ2) is 4.30. The molecule has 0 aliphatic heterocycles. The number of benzene rings is 1. The van der Waals surface area contributed by atoms with Gasteiger partial charge in [0, 0.05) is 17.9 Å². The van der Waals surface area contributed by atoms with E-state index in [1.807, 2.05) is 18.2 Å². The molecule has 3 aromatic rings. The Bertz CT molecular complexity index is 767. The molecule has 1 aromatic carbocycles. The molecule has 2 aromatic heterocycles. The highest BCUT2D eigenvalue weighted by Gasteiger charge is 2.24. The number of nitrogens with zero attached hydrogens (tertiary/aromatic N) is 4. The number of hydrogen-bond donors (Lipinski definition) is 1. The van der Waals surface area contributed by atoms with Gasteiger partial charge in [-0.25, -0.2) is 15.0 Å². The summed E-state index contributed by atoms with van der Waals surface area (Å²) >= 11 is 0. The average molecular weight is 267 g/mol. The lowest BCUT2D eigenvalue weighted by Crippen LogP contribution is -2.23. The number of hydrogen-bond acceptors (Lipinski definition) is 4. The van der Waals surface area contributed by atoms with E-state index >= 15 is 0 Å². The van der Waals surface area contributed by atoms with Gasteiger partial charge in [0.1, 0.15) is 5.69 Å². The molecule has 5 nitrogen and oxygen atoms in total. The summed E-state index contributed by atoms with van der Waals surface area (Å²) in [6, 6.07) is 8.04. The SMILES string of the molecule is CC(C)(C)n1c(-c2nccnc2N)nc2ccccc21.